The van der Waals surface area contributed by atoms with E-state index < -0.39 is 11.9 Å². The number of aliphatic carboxylic acids is 1. The van der Waals surface area contributed by atoms with E-state index in [9.17, 15) is 9.59 Å². The van der Waals surface area contributed by atoms with E-state index in [4.69, 9.17) is 14.6 Å². The molecule has 0 spiro atoms. The highest BCUT2D eigenvalue weighted by atomic mass is 16.6. The Morgan fingerprint density at radius 3 is 2.65 bits per heavy atom. The van der Waals surface area contributed by atoms with Gasteiger partial charge in [-0.15, -0.1) is 0 Å². The van der Waals surface area contributed by atoms with Crippen molar-refractivity contribution in [2.24, 2.45) is 11.8 Å². The lowest BCUT2D eigenvalue weighted by atomic mass is 10.2. The zero-order chi connectivity index (χ0) is 14.1. The minimum Gasteiger partial charge on any atom is -0.486 e. The Bertz CT molecular complexity index is 556. The fraction of sp³-hybridized carbons (Fsp3) is 0.429. The summed E-state index contributed by atoms with van der Waals surface area (Å²) in [6.07, 6.45) is 0.433. The summed E-state index contributed by atoms with van der Waals surface area (Å²) in [4.78, 5) is 22.5. The number of fused-ring (bicyclic) bond motifs is 1. The molecule has 0 aromatic heterocycles. The summed E-state index contributed by atoms with van der Waals surface area (Å²) in [6, 6.07) is 5.50. The second kappa shape index (κ2) is 5.03. The Hall–Kier alpha value is -2.24. The summed E-state index contributed by atoms with van der Waals surface area (Å²) in [5, 5.41) is 11.5. The fourth-order valence-corrected chi connectivity index (χ4v) is 2.28. The maximum absolute atomic E-state index is 11.8. The molecule has 1 aliphatic heterocycles. The second-order valence-corrected chi connectivity index (χ2v) is 4.98. The number of hydrogen-bond donors (Lipinski definition) is 2. The van der Waals surface area contributed by atoms with Crippen molar-refractivity contribution in [2.45, 2.75) is 13.0 Å². The predicted octanol–water partition coefficient (Wildman–Crippen LogP) is 0.795. The van der Waals surface area contributed by atoms with Gasteiger partial charge in [-0.1, -0.05) is 6.07 Å². The molecule has 0 bridgehead atoms. The zero-order valence-corrected chi connectivity index (χ0v) is 10.8. The molecule has 1 aromatic rings. The molecule has 1 aromatic carbocycles. The fourth-order valence-electron chi connectivity index (χ4n) is 2.28. The van der Waals surface area contributed by atoms with Crippen LogP contribution in [0.15, 0.2) is 18.2 Å². The second-order valence-electron chi connectivity index (χ2n) is 4.98. The van der Waals surface area contributed by atoms with E-state index in [1.165, 1.54) is 0 Å². The van der Waals surface area contributed by atoms with Crippen LogP contribution in [0, 0.1) is 11.8 Å². The molecule has 6 nitrogen and oxygen atoms in total. The molecule has 6 heteroatoms. The van der Waals surface area contributed by atoms with Crippen molar-refractivity contribution >= 4 is 11.9 Å². The average molecular weight is 277 g/mol. The van der Waals surface area contributed by atoms with Gasteiger partial charge in [0.15, 0.2) is 11.5 Å². The van der Waals surface area contributed by atoms with Crippen LogP contribution >= 0.6 is 0 Å². The number of rotatable bonds is 4. The van der Waals surface area contributed by atoms with Crippen molar-refractivity contribution < 1.29 is 24.2 Å². The highest BCUT2D eigenvalue weighted by Gasteiger charge is 2.48. The number of carboxylic acids is 1. The molecule has 2 atom stereocenters. The van der Waals surface area contributed by atoms with Crippen LogP contribution in [0.5, 0.6) is 11.5 Å². The first kappa shape index (κ1) is 12.8. The van der Waals surface area contributed by atoms with Crippen LogP contribution in [0.4, 0.5) is 0 Å². The summed E-state index contributed by atoms with van der Waals surface area (Å²) in [5.74, 6) is -0.617. The minimum absolute atomic E-state index is 0.202. The molecule has 0 saturated heterocycles. The van der Waals surface area contributed by atoms with Gasteiger partial charge >= 0.3 is 5.97 Å². The van der Waals surface area contributed by atoms with Crippen molar-refractivity contribution in [1.29, 1.82) is 0 Å². The number of ether oxygens (including phenoxy) is 2. The molecule has 0 radical (unpaired) electrons. The molecule has 1 saturated carbocycles. The summed E-state index contributed by atoms with van der Waals surface area (Å²) < 4.78 is 10.9. The van der Waals surface area contributed by atoms with Crippen LogP contribution in [0.3, 0.4) is 0 Å². The van der Waals surface area contributed by atoms with Crippen LogP contribution in [0.25, 0.3) is 0 Å². The lowest BCUT2D eigenvalue weighted by Crippen LogP contribution is -2.26. The van der Waals surface area contributed by atoms with Gasteiger partial charge in [0.2, 0.25) is 5.91 Å². The van der Waals surface area contributed by atoms with E-state index in [0.29, 0.717) is 37.7 Å². The normalized spacial score (nSPS) is 23.0. The highest BCUT2D eigenvalue weighted by molar-refractivity contribution is 5.89. The van der Waals surface area contributed by atoms with Gasteiger partial charge in [0.25, 0.3) is 0 Å². The first-order valence-electron chi connectivity index (χ1n) is 6.54. The van der Waals surface area contributed by atoms with Crippen molar-refractivity contribution in [2.75, 3.05) is 13.2 Å². The van der Waals surface area contributed by atoms with Crippen molar-refractivity contribution in [3.8, 4) is 11.5 Å². The Morgan fingerprint density at radius 1 is 1.20 bits per heavy atom. The topological polar surface area (TPSA) is 84.9 Å². The first-order valence-corrected chi connectivity index (χ1v) is 6.54. The number of carbonyl (C=O) groups is 2. The zero-order valence-electron chi connectivity index (χ0n) is 10.8. The summed E-state index contributed by atoms with van der Waals surface area (Å²) >= 11 is 0. The third-order valence-corrected chi connectivity index (χ3v) is 3.52. The van der Waals surface area contributed by atoms with Crippen LogP contribution < -0.4 is 14.8 Å². The van der Waals surface area contributed by atoms with Gasteiger partial charge in [-0.25, -0.2) is 0 Å². The monoisotopic (exact) mass is 277 g/mol. The van der Waals surface area contributed by atoms with E-state index in [1.807, 2.05) is 18.2 Å². The number of benzene rings is 1. The third-order valence-electron chi connectivity index (χ3n) is 3.52. The number of amides is 1. The van der Waals surface area contributed by atoms with Gasteiger partial charge in [0, 0.05) is 6.54 Å². The maximum Gasteiger partial charge on any atom is 0.307 e. The lowest BCUT2D eigenvalue weighted by molar-refractivity contribution is -0.140. The first-order chi connectivity index (χ1) is 9.65. The smallest absolute Gasteiger partial charge is 0.307 e. The Morgan fingerprint density at radius 2 is 1.95 bits per heavy atom. The largest absolute Gasteiger partial charge is 0.486 e. The third kappa shape index (κ3) is 2.54. The molecular weight excluding hydrogens is 262 g/mol. The standard InChI is InChI=1S/C14H15NO5/c16-13(9-6-10(9)14(17)18)15-7-8-1-2-11-12(5-8)20-4-3-19-11/h1-2,5,9-10H,3-4,6-7H2,(H,15,16)(H,17,18)/t9-,10-/m0/s1. The van der Waals surface area contributed by atoms with Gasteiger partial charge in [0.1, 0.15) is 13.2 Å². The van der Waals surface area contributed by atoms with E-state index in [-0.39, 0.29) is 11.8 Å². The van der Waals surface area contributed by atoms with Crippen molar-refractivity contribution in [1.82, 2.24) is 5.32 Å². The van der Waals surface area contributed by atoms with Crippen LogP contribution in [0.2, 0.25) is 0 Å². The van der Waals surface area contributed by atoms with Gasteiger partial charge in [0.05, 0.1) is 11.8 Å². The van der Waals surface area contributed by atoms with E-state index in [0.717, 1.165) is 5.56 Å². The number of carbonyl (C=O) groups excluding carboxylic acids is 1. The molecule has 0 unspecified atom stereocenters. The molecule has 106 valence electrons. The minimum atomic E-state index is -0.899. The SMILES string of the molecule is O=C(O)[C@H]1C[C@@H]1C(=O)NCc1ccc2c(c1)OCCO2. The van der Waals surface area contributed by atoms with Crippen LogP contribution in [-0.4, -0.2) is 30.2 Å². The van der Waals surface area contributed by atoms with Crippen molar-refractivity contribution in [3.63, 3.8) is 0 Å². The van der Waals surface area contributed by atoms with Gasteiger partial charge in [-0.2, -0.15) is 0 Å². The van der Waals surface area contributed by atoms with Crippen LogP contribution in [-0.2, 0) is 16.1 Å². The molecule has 2 N–H and O–H groups in total. The van der Waals surface area contributed by atoms with Gasteiger partial charge in [-0.3, -0.25) is 9.59 Å². The maximum atomic E-state index is 11.8. The van der Waals surface area contributed by atoms with E-state index >= 15 is 0 Å². The quantitative estimate of drug-likeness (QED) is 0.850. The molecule has 1 aliphatic carbocycles. The lowest BCUT2D eigenvalue weighted by Gasteiger charge is -2.19. The average Bonchev–Trinajstić information content (AvgIpc) is 3.25. The van der Waals surface area contributed by atoms with Gasteiger partial charge in [-0.05, 0) is 24.1 Å². The molecule has 3 rings (SSSR count). The molecule has 20 heavy (non-hydrogen) atoms. The van der Waals surface area contributed by atoms with E-state index in [1.54, 1.807) is 0 Å². The molecule has 2 aliphatic rings. The molecule has 1 amide bonds. The summed E-state index contributed by atoms with van der Waals surface area (Å²) in [6.45, 7) is 1.42. The Kier molecular flexibility index (Phi) is 3.22. The molecule has 1 heterocycles. The van der Waals surface area contributed by atoms with Gasteiger partial charge < -0.3 is 19.9 Å². The summed E-state index contributed by atoms with van der Waals surface area (Å²) in [5.41, 5.74) is 0.898. The Labute approximate surface area is 115 Å². The molecular formula is C14H15NO5. The number of carboxylic acid groups (broad SMARTS) is 1. The number of hydrogen-bond acceptors (Lipinski definition) is 4. The highest BCUT2D eigenvalue weighted by Crippen LogP contribution is 2.38. The molecule has 1 fully saturated rings. The van der Waals surface area contributed by atoms with Crippen molar-refractivity contribution in [3.05, 3.63) is 23.8 Å². The predicted molar refractivity (Wildman–Crippen MR) is 68.5 cm³/mol. The van der Waals surface area contributed by atoms with E-state index in [2.05, 4.69) is 5.32 Å². The summed E-state index contributed by atoms with van der Waals surface area (Å²) in [7, 11) is 0. The Balaban J connectivity index is 1.56. The number of nitrogens with one attached hydrogen (secondary N) is 1. The van der Waals surface area contributed by atoms with Crippen LogP contribution in [0.1, 0.15) is 12.0 Å².